The van der Waals surface area contributed by atoms with E-state index in [2.05, 4.69) is 22.5 Å². The maximum absolute atomic E-state index is 12.8. The zero-order valence-corrected chi connectivity index (χ0v) is 18.0. The molecule has 0 aliphatic carbocycles. The third-order valence-electron chi connectivity index (χ3n) is 5.26. The number of thiazole rings is 1. The summed E-state index contributed by atoms with van der Waals surface area (Å²) in [4.78, 5) is 17.5. The van der Waals surface area contributed by atoms with Crippen molar-refractivity contribution in [2.45, 2.75) is 32.2 Å². The fourth-order valence-electron chi connectivity index (χ4n) is 3.55. The molecule has 30 heavy (non-hydrogen) atoms. The summed E-state index contributed by atoms with van der Waals surface area (Å²) >= 11 is 1.26. The van der Waals surface area contributed by atoms with Gasteiger partial charge in [0.15, 0.2) is 5.13 Å². The molecular weight excluding hydrogens is 396 g/mol. The number of anilines is 3. The van der Waals surface area contributed by atoms with E-state index in [1.165, 1.54) is 17.8 Å². The van der Waals surface area contributed by atoms with Gasteiger partial charge in [0, 0.05) is 16.8 Å². The zero-order chi connectivity index (χ0) is 21.1. The third-order valence-corrected chi connectivity index (χ3v) is 6.25. The average Bonchev–Trinajstić information content (AvgIpc) is 3.33. The Morgan fingerprint density at radius 1 is 1.30 bits per heavy atom. The number of ketones is 1. The van der Waals surface area contributed by atoms with E-state index >= 15 is 0 Å². The first-order valence-corrected chi connectivity index (χ1v) is 10.9. The molecule has 3 aromatic rings. The normalized spacial score (nSPS) is 18.3. The molecular formula is C23H26N4O2S. The number of hydrogen-bond acceptors (Lipinski definition) is 7. The number of aryl methyl sites for hydroxylation is 1. The summed E-state index contributed by atoms with van der Waals surface area (Å²) in [5.74, 6) is 0.954. The second-order valence-electron chi connectivity index (χ2n) is 7.96. The molecule has 0 amide bonds. The van der Waals surface area contributed by atoms with Gasteiger partial charge in [0.1, 0.15) is 23.1 Å². The van der Waals surface area contributed by atoms with E-state index in [1.807, 2.05) is 49.4 Å². The minimum absolute atomic E-state index is 0.0512. The number of aromatic nitrogens is 1. The Hall–Kier alpha value is -2.90. The SMILES string of the molecule is Cc1cccc(C(=O)c2sc(Nc3ccc(OC[C@@]4(C)CCCN4)cc3)nc2N)c1. The summed E-state index contributed by atoms with van der Waals surface area (Å²) in [5, 5.41) is 7.30. The van der Waals surface area contributed by atoms with E-state index in [0.717, 1.165) is 30.0 Å². The molecule has 7 heteroatoms. The largest absolute Gasteiger partial charge is 0.492 e. The highest BCUT2D eigenvalue weighted by molar-refractivity contribution is 7.18. The molecule has 0 unspecified atom stereocenters. The fraction of sp³-hybridized carbons (Fsp3) is 0.304. The van der Waals surface area contributed by atoms with Crippen LogP contribution in [0.1, 0.15) is 40.6 Å². The Morgan fingerprint density at radius 3 is 2.80 bits per heavy atom. The molecule has 1 aliphatic heterocycles. The number of rotatable bonds is 7. The van der Waals surface area contributed by atoms with Crippen LogP contribution in [0.25, 0.3) is 0 Å². The van der Waals surface area contributed by atoms with Crippen molar-refractivity contribution in [1.29, 1.82) is 0 Å². The standard InChI is InChI=1S/C23H26N4O2S/c1-15-5-3-6-16(13-15)19(28)20-21(24)27-22(30-20)26-17-7-9-18(10-8-17)29-14-23(2)11-4-12-25-23/h3,5-10,13,25H,4,11-12,14,24H2,1-2H3,(H,26,27)/t23-/m1/s1. The zero-order valence-electron chi connectivity index (χ0n) is 17.2. The van der Waals surface area contributed by atoms with Crippen LogP contribution >= 0.6 is 11.3 Å². The predicted octanol–water partition coefficient (Wildman–Crippen LogP) is 4.53. The molecule has 4 rings (SSSR count). The second-order valence-corrected chi connectivity index (χ2v) is 8.96. The minimum atomic E-state index is -0.112. The van der Waals surface area contributed by atoms with Gasteiger partial charge in [-0.25, -0.2) is 4.98 Å². The van der Waals surface area contributed by atoms with Crippen molar-refractivity contribution < 1.29 is 9.53 Å². The molecule has 1 aliphatic rings. The lowest BCUT2D eigenvalue weighted by molar-refractivity contribution is 0.104. The van der Waals surface area contributed by atoms with Crippen LogP contribution in [0.2, 0.25) is 0 Å². The lowest BCUT2D eigenvalue weighted by atomic mass is 10.0. The summed E-state index contributed by atoms with van der Waals surface area (Å²) in [6.07, 6.45) is 2.32. The molecule has 1 saturated heterocycles. The first-order valence-electron chi connectivity index (χ1n) is 10.0. The van der Waals surface area contributed by atoms with Crippen LogP contribution in [0.5, 0.6) is 5.75 Å². The van der Waals surface area contributed by atoms with Crippen molar-refractivity contribution in [2.24, 2.45) is 0 Å². The van der Waals surface area contributed by atoms with Gasteiger partial charge in [-0.05, 0) is 63.6 Å². The van der Waals surface area contributed by atoms with Crippen molar-refractivity contribution in [3.8, 4) is 5.75 Å². The summed E-state index contributed by atoms with van der Waals surface area (Å²) in [6.45, 7) is 5.84. The van der Waals surface area contributed by atoms with Crippen molar-refractivity contribution in [3.05, 3.63) is 64.5 Å². The number of nitrogens with zero attached hydrogens (tertiary/aromatic N) is 1. The highest BCUT2D eigenvalue weighted by atomic mass is 32.1. The number of hydrogen-bond donors (Lipinski definition) is 3. The fourth-order valence-corrected chi connectivity index (χ4v) is 4.41. The van der Waals surface area contributed by atoms with Crippen LogP contribution < -0.4 is 21.1 Å². The molecule has 2 heterocycles. The van der Waals surface area contributed by atoms with Gasteiger partial charge in [-0.1, -0.05) is 35.1 Å². The van der Waals surface area contributed by atoms with Gasteiger partial charge in [-0.15, -0.1) is 0 Å². The molecule has 4 N–H and O–H groups in total. The van der Waals surface area contributed by atoms with Gasteiger partial charge in [0.2, 0.25) is 5.78 Å². The van der Waals surface area contributed by atoms with E-state index in [0.29, 0.717) is 22.2 Å². The van der Waals surface area contributed by atoms with Crippen molar-refractivity contribution >= 4 is 33.8 Å². The molecule has 0 saturated carbocycles. The van der Waals surface area contributed by atoms with E-state index in [9.17, 15) is 4.79 Å². The highest BCUT2D eigenvalue weighted by Gasteiger charge is 2.28. The molecule has 0 spiro atoms. The van der Waals surface area contributed by atoms with Crippen molar-refractivity contribution in [1.82, 2.24) is 10.3 Å². The van der Waals surface area contributed by atoms with Crippen molar-refractivity contribution in [3.63, 3.8) is 0 Å². The van der Waals surface area contributed by atoms with Gasteiger partial charge < -0.3 is 21.1 Å². The van der Waals surface area contributed by atoms with E-state index in [-0.39, 0.29) is 17.1 Å². The van der Waals surface area contributed by atoms with Crippen LogP contribution in [-0.4, -0.2) is 29.5 Å². The molecule has 2 aromatic carbocycles. The van der Waals surface area contributed by atoms with Gasteiger partial charge in [0.05, 0.1) is 0 Å². The smallest absolute Gasteiger partial charge is 0.206 e. The van der Waals surface area contributed by atoms with Crippen LogP contribution in [-0.2, 0) is 0 Å². The Bertz CT molecular complexity index is 1040. The van der Waals surface area contributed by atoms with Gasteiger partial charge >= 0.3 is 0 Å². The number of carbonyl (C=O) groups is 1. The maximum atomic E-state index is 12.8. The second kappa shape index (κ2) is 8.45. The Labute approximate surface area is 180 Å². The molecule has 1 atom stereocenters. The predicted molar refractivity (Wildman–Crippen MR) is 122 cm³/mol. The van der Waals surface area contributed by atoms with E-state index in [4.69, 9.17) is 10.5 Å². The maximum Gasteiger partial charge on any atom is 0.206 e. The number of carbonyl (C=O) groups excluding carboxylic acids is 1. The van der Waals surface area contributed by atoms with Crippen LogP contribution in [0.15, 0.2) is 48.5 Å². The van der Waals surface area contributed by atoms with Crippen molar-refractivity contribution in [2.75, 3.05) is 24.2 Å². The van der Waals surface area contributed by atoms with E-state index in [1.54, 1.807) is 6.07 Å². The summed E-state index contributed by atoms with van der Waals surface area (Å²) in [5.41, 5.74) is 8.57. The van der Waals surface area contributed by atoms with Crippen LogP contribution in [0.3, 0.4) is 0 Å². The first kappa shape index (κ1) is 20.4. The lowest BCUT2D eigenvalue weighted by Gasteiger charge is -2.24. The first-order chi connectivity index (χ1) is 14.4. The Kier molecular flexibility index (Phi) is 5.74. The van der Waals surface area contributed by atoms with Crippen LogP contribution in [0, 0.1) is 6.92 Å². The summed E-state index contributed by atoms with van der Waals surface area (Å²) < 4.78 is 5.94. The number of ether oxygens (including phenoxy) is 1. The highest BCUT2D eigenvalue weighted by Crippen LogP contribution is 2.30. The summed E-state index contributed by atoms with van der Waals surface area (Å²) in [7, 11) is 0. The van der Waals surface area contributed by atoms with Gasteiger partial charge in [-0.3, -0.25) is 4.79 Å². The number of benzene rings is 2. The third kappa shape index (κ3) is 4.63. The Morgan fingerprint density at radius 2 is 2.10 bits per heavy atom. The average molecular weight is 423 g/mol. The monoisotopic (exact) mass is 422 g/mol. The molecule has 0 radical (unpaired) electrons. The number of nitrogen functional groups attached to an aromatic ring is 1. The minimum Gasteiger partial charge on any atom is -0.492 e. The molecule has 1 aromatic heterocycles. The van der Waals surface area contributed by atoms with Gasteiger partial charge in [0.25, 0.3) is 0 Å². The lowest BCUT2D eigenvalue weighted by Crippen LogP contribution is -2.42. The molecule has 156 valence electrons. The van der Waals surface area contributed by atoms with E-state index < -0.39 is 0 Å². The number of nitrogens with two attached hydrogens (primary N) is 1. The molecule has 1 fully saturated rings. The topological polar surface area (TPSA) is 89.3 Å². The number of nitrogens with one attached hydrogen (secondary N) is 2. The molecule has 0 bridgehead atoms. The van der Waals surface area contributed by atoms with Crippen LogP contribution in [0.4, 0.5) is 16.6 Å². The quantitative estimate of drug-likeness (QED) is 0.485. The molecule has 6 nitrogen and oxygen atoms in total. The Balaban J connectivity index is 1.41. The summed E-state index contributed by atoms with van der Waals surface area (Å²) in [6, 6.07) is 15.2. The van der Waals surface area contributed by atoms with Gasteiger partial charge in [-0.2, -0.15) is 0 Å².